The monoisotopic (exact) mass is 113 g/mol. The van der Waals surface area contributed by atoms with Crippen molar-refractivity contribution in [2.24, 2.45) is 11.5 Å². The van der Waals surface area contributed by atoms with E-state index in [9.17, 15) is 0 Å². The van der Waals surface area contributed by atoms with Crippen molar-refractivity contribution in [3.63, 3.8) is 0 Å². The summed E-state index contributed by atoms with van der Waals surface area (Å²) >= 11 is 0. The summed E-state index contributed by atoms with van der Waals surface area (Å²) in [7, 11) is 0. The molecule has 0 aromatic rings. The largest absolute Gasteiger partial charge is 0.326 e. The molecule has 0 aliphatic heterocycles. The van der Waals surface area contributed by atoms with Gasteiger partial charge in [0.2, 0.25) is 0 Å². The van der Waals surface area contributed by atoms with Crippen LogP contribution in [-0.4, -0.2) is 6.04 Å². The molecule has 0 bridgehead atoms. The van der Waals surface area contributed by atoms with Gasteiger partial charge in [-0.15, -0.1) is 0 Å². The smallest absolute Gasteiger partial charge is 0.0505 e. The molecule has 1 atom stereocenters. The summed E-state index contributed by atoms with van der Waals surface area (Å²) < 4.78 is 0. The van der Waals surface area contributed by atoms with Crippen LogP contribution in [0.25, 0.3) is 0 Å². The maximum Gasteiger partial charge on any atom is 0.0505 e. The van der Waals surface area contributed by atoms with Crippen molar-refractivity contribution in [1.82, 2.24) is 0 Å². The average molecular weight is 113 g/mol. The van der Waals surface area contributed by atoms with Gasteiger partial charge in [-0.2, -0.15) is 0 Å². The lowest BCUT2D eigenvalue weighted by Crippen LogP contribution is -2.36. The fourth-order valence-electron chi connectivity index (χ4n) is 1.06. The summed E-state index contributed by atoms with van der Waals surface area (Å²) in [6.45, 7) is 0. The number of hydrogen-bond acceptors (Lipinski definition) is 2. The van der Waals surface area contributed by atoms with Gasteiger partial charge < -0.3 is 11.5 Å². The average Bonchev–Trinajstić information content (AvgIpc) is 1.77. The minimum absolute atomic E-state index is 0.198. The first-order valence-electron chi connectivity index (χ1n) is 3.17. The maximum absolute atomic E-state index is 5.62. The Kier molecular flexibility index (Phi) is 1.86. The lowest BCUT2D eigenvalue weighted by molar-refractivity contribution is 0.469. The van der Waals surface area contributed by atoms with Gasteiger partial charge in [-0.3, -0.25) is 0 Å². The predicted molar refractivity (Wildman–Crippen MR) is 33.9 cm³/mol. The molecule has 1 aliphatic rings. The number of nitrogens with two attached hydrogens (primary N) is 2. The van der Waals surface area contributed by atoms with Crippen LogP contribution < -0.4 is 11.5 Å². The molecule has 0 aromatic carbocycles. The van der Waals surface area contributed by atoms with Gasteiger partial charge in [0.25, 0.3) is 0 Å². The summed E-state index contributed by atoms with van der Waals surface area (Å²) in [4.78, 5) is 0. The van der Waals surface area contributed by atoms with Crippen LogP contribution in [0.2, 0.25) is 0 Å². The van der Waals surface area contributed by atoms with E-state index in [-0.39, 0.29) is 6.04 Å². The second-order valence-electron chi connectivity index (χ2n) is 2.43. The van der Waals surface area contributed by atoms with Gasteiger partial charge in [0.15, 0.2) is 0 Å². The normalized spacial score (nSPS) is 33.0. The van der Waals surface area contributed by atoms with E-state index < -0.39 is 0 Å². The Labute approximate surface area is 50.2 Å². The Morgan fingerprint density at radius 3 is 2.50 bits per heavy atom. The van der Waals surface area contributed by atoms with E-state index in [0.717, 1.165) is 18.9 Å². The molecule has 1 saturated carbocycles. The van der Waals surface area contributed by atoms with Crippen LogP contribution in [0.1, 0.15) is 25.7 Å². The molecule has 0 spiro atoms. The van der Waals surface area contributed by atoms with Crippen LogP contribution in [-0.2, 0) is 0 Å². The van der Waals surface area contributed by atoms with Gasteiger partial charge in [-0.1, -0.05) is 12.8 Å². The van der Waals surface area contributed by atoms with Crippen LogP contribution in [0.15, 0.2) is 0 Å². The van der Waals surface area contributed by atoms with Crippen molar-refractivity contribution >= 4 is 0 Å². The highest BCUT2D eigenvalue weighted by molar-refractivity contribution is 4.96. The molecule has 0 amide bonds. The fraction of sp³-hybridized carbons (Fsp3) is 0.833. The highest BCUT2D eigenvalue weighted by Crippen LogP contribution is 2.19. The first-order chi connectivity index (χ1) is 3.80. The maximum atomic E-state index is 5.62. The molecule has 2 heteroatoms. The van der Waals surface area contributed by atoms with Gasteiger partial charge >= 0.3 is 0 Å². The molecule has 1 fully saturated rings. The SMILES string of the molecule is N[C]1CCCC[C@@H]1N. The van der Waals surface area contributed by atoms with Crippen LogP contribution in [0.4, 0.5) is 0 Å². The molecule has 4 N–H and O–H groups in total. The Balaban J connectivity index is 2.28. The minimum Gasteiger partial charge on any atom is -0.326 e. The molecular weight excluding hydrogens is 100 g/mol. The van der Waals surface area contributed by atoms with E-state index >= 15 is 0 Å². The van der Waals surface area contributed by atoms with Crippen molar-refractivity contribution in [2.45, 2.75) is 31.7 Å². The van der Waals surface area contributed by atoms with E-state index in [1.807, 2.05) is 0 Å². The van der Waals surface area contributed by atoms with Crippen LogP contribution in [0, 0.1) is 6.04 Å². The standard InChI is InChI=1S/C6H13N2/c7-5-3-1-2-4-6(5)8/h5H,1-4,7-8H2/t5-/m0/s1. The quantitative estimate of drug-likeness (QED) is 0.477. The second-order valence-corrected chi connectivity index (χ2v) is 2.43. The summed E-state index contributed by atoms with van der Waals surface area (Å²) in [5.41, 5.74) is 11.2. The third-order valence-corrected chi connectivity index (χ3v) is 1.71. The Bertz CT molecular complexity index is 62.9. The first kappa shape index (κ1) is 6.05. The second kappa shape index (κ2) is 2.46. The number of rotatable bonds is 0. The summed E-state index contributed by atoms with van der Waals surface area (Å²) in [6.07, 6.45) is 4.62. The van der Waals surface area contributed by atoms with Gasteiger partial charge in [0, 0.05) is 6.04 Å². The summed E-state index contributed by atoms with van der Waals surface area (Å²) in [6, 6.07) is 1.19. The third kappa shape index (κ3) is 1.20. The predicted octanol–water partition coefficient (Wildman–Crippen LogP) is 0.378. The highest BCUT2D eigenvalue weighted by Gasteiger charge is 2.17. The van der Waals surface area contributed by atoms with E-state index in [2.05, 4.69) is 0 Å². The van der Waals surface area contributed by atoms with Gasteiger partial charge in [0.1, 0.15) is 0 Å². The van der Waals surface area contributed by atoms with Crippen molar-refractivity contribution in [2.75, 3.05) is 0 Å². The molecule has 0 heterocycles. The van der Waals surface area contributed by atoms with E-state index in [4.69, 9.17) is 11.5 Å². The lowest BCUT2D eigenvalue weighted by Gasteiger charge is -2.23. The van der Waals surface area contributed by atoms with E-state index in [1.54, 1.807) is 0 Å². The third-order valence-electron chi connectivity index (χ3n) is 1.71. The zero-order chi connectivity index (χ0) is 5.98. The van der Waals surface area contributed by atoms with Crippen molar-refractivity contribution in [3.8, 4) is 0 Å². The molecule has 47 valence electrons. The zero-order valence-corrected chi connectivity index (χ0v) is 5.06. The van der Waals surface area contributed by atoms with Gasteiger partial charge in [0.05, 0.1) is 6.04 Å². The molecule has 0 unspecified atom stereocenters. The molecule has 0 saturated heterocycles. The van der Waals surface area contributed by atoms with Crippen molar-refractivity contribution < 1.29 is 0 Å². The van der Waals surface area contributed by atoms with E-state index in [1.165, 1.54) is 12.8 Å². The van der Waals surface area contributed by atoms with Crippen LogP contribution in [0.3, 0.4) is 0 Å². The van der Waals surface area contributed by atoms with E-state index in [0.29, 0.717) is 0 Å². The Hall–Kier alpha value is -0.0800. The molecule has 2 nitrogen and oxygen atoms in total. The minimum atomic E-state index is 0.198. The molecule has 8 heavy (non-hydrogen) atoms. The fourth-order valence-corrected chi connectivity index (χ4v) is 1.06. The lowest BCUT2D eigenvalue weighted by atomic mass is 9.92. The Morgan fingerprint density at radius 2 is 2.12 bits per heavy atom. The van der Waals surface area contributed by atoms with Crippen LogP contribution >= 0.6 is 0 Å². The molecular formula is C6H13N2. The van der Waals surface area contributed by atoms with Crippen molar-refractivity contribution in [1.29, 1.82) is 0 Å². The first-order valence-corrected chi connectivity index (χ1v) is 3.17. The van der Waals surface area contributed by atoms with Gasteiger partial charge in [-0.25, -0.2) is 0 Å². The molecule has 0 aromatic heterocycles. The molecule has 1 aliphatic carbocycles. The summed E-state index contributed by atoms with van der Waals surface area (Å²) in [5.74, 6) is 0. The van der Waals surface area contributed by atoms with Gasteiger partial charge in [-0.05, 0) is 12.8 Å². The zero-order valence-electron chi connectivity index (χ0n) is 5.06. The Morgan fingerprint density at radius 1 is 1.38 bits per heavy atom. The highest BCUT2D eigenvalue weighted by atomic mass is 14.8. The number of hydrogen-bond donors (Lipinski definition) is 2. The molecule has 1 rings (SSSR count). The van der Waals surface area contributed by atoms with Crippen molar-refractivity contribution in [3.05, 3.63) is 6.04 Å². The topological polar surface area (TPSA) is 52.0 Å². The van der Waals surface area contributed by atoms with Crippen LogP contribution in [0.5, 0.6) is 0 Å². The summed E-state index contributed by atoms with van der Waals surface area (Å²) in [5, 5.41) is 0. The molecule has 1 radical (unpaired) electrons.